The maximum absolute atomic E-state index is 6.41. The monoisotopic (exact) mass is 1800 g/mol. The molecule has 27 rings (SSSR count). The second kappa shape index (κ2) is 36.6. The first-order valence-corrected chi connectivity index (χ1v) is 47.1. The third-order valence-electron chi connectivity index (χ3n) is 26.3. The molecule has 27 aromatic rings. The Balaban J connectivity index is 0.000000111. The molecule has 0 amide bonds. The summed E-state index contributed by atoms with van der Waals surface area (Å²) in [5.74, 6) is 5.80. The third-order valence-corrected chi connectivity index (χ3v) is 26.3. The van der Waals surface area contributed by atoms with E-state index in [9.17, 15) is 0 Å². The van der Waals surface area contributed by atoms with Crippen molar-refractivity contribution >= 4 is 98.1 Å². The van der Waals surface area contributed by atoms with Gasteiger partial charge in [0.25, 0.3) is 0 Å². The molecule has 0 aliphatic heterocycles. The Labute approximate surface area is 811 Å². The van der Waals surface area contributed by atoms with Crippen LogP contribution >= 0.6 is 0 Å². The SMILES string of the molecule is c1ccc(-c2ccc(-c3nc(-c4ccccc4)nc(-c4ccc(-c5ccc6c(c5)oc5ccccc56)c5ccccc45)n3)cc2)cc1.c1ccc(-c2nc(-c3ccccc3)nc(-c3ccc(-c4ccc(-c5cccc6c5oc5ccccc56)c5ccccc45)cc3)n2)cc1.c1ccc(-c2nc(-c3ccccc3)nc(-c3ccc(-c4cccc(-c5cccc6c5oc5ccccc56)c4)c4ccccc34)n2)cc1. The number of rotatable bonds is 15. The molecule has 0 aliphatic carbocycles. The van der Waals surface area contributed by atoms with E-state index in [1.54, 1.807) is 0 Å². The quantitative estimate of drug-likeness (QED) is 0.0959. The van der Waals surface area contributed by atoms with E-state index in [1.165, 1.54) is 21.9 Å². The summed E-state index contributed by atoms with van der Waals surface area (Å²) in [6, 6.07) is 169. The van der Waals surface area contributed by atoms with Crippen molar-refractivity contribution in [3.8, 4) is 169 Å². The van der Waals surface area contributed by atoms with Crippen LogP contribution in [0.2, 0.25) is 0 Å². The van der Waals surface area contributed by atoms with Gasteiger partial charge in [-0.05, 0) is 136 Å². The maximum Gasteiger partial charge on any atom is 0.164 e. The van der Waals surface area contributed by atoms with Gasteiger partial charge in [-0.25, -0.2) is 44.9 Å². The highest BCUT2D eigenvalue weighted by Crippen LogP contribution is 2.46. The first-order valence-electron chi connectivity index (χ1n) is 47.1. The van der Waals surface area contributed by atoms with Crippen LogP contribution in [0, 0.1) is 0 Å². The van der Waals surface area contributed by atoms with Gasteiger partial charge in [-0.1, -0.05) is 443 Å². The maximum atomic E-state index is 6.41. The molecule has 12 nitrogen and oxygen atoms in total. The highest BCUT2D eigenvalue weighted by molar-refractivity contribution is 6.16. The average Bonchev–Trinajstić information content (AvgIpc) is 1.68. The second-order valence-corrected chi connectivity index (χ2v) is 34.8. The molecule has 0 aliphatic rings. The average molecular weight is 1810 g/mol. The Hall–Kier alpha value is -19.2. The first kappa shape index (κ1) is 83.6. The molecule has 6 heterocycles. The van der Waals surface area contributed by atoms with Crippen molar-refractivity contribution in [3.63, 3.8) is 0 Å². The minimum atomic E-state index is 0.636. The Morgan fingerprint density at radius 3 is 0.738 bits per heavy atom. The summed E-state index contributed by atoms with van der Waals surface area (Å²) >= 11 is 0. The van der Waals surface area contributed by atoms with Gasteiger partial charge in [0.05, 0.1) is 0 Å². The highest BCUT2D eigenvalue weighted by Gasteiger charge is 2.24. The van der Waals surface area contributed by atoms with Crippen molar-refractivity contribution in [1.82, 2.24) is 44.9 Å². The zero-order valence-corrected chi connectivity index (χ0v) is 76.0. The Morgan fingerprint density at radius 2 is 0.333 bits per heavy atom. The summed E-state index contributed by atoms with van der Waals surface area (Å²) in [7, 11) is 0. The number of hydrogen-bond donors (Lipinski definition) is 0. The summed E-state index contributed by atoms with van der Waals surface area (Å²) in [4.78, 5) is 44.7. The predicted molar refractivity (Wildman–Crippen MR) is 575 cm³/mol. The zero-order chi connectivity index (χ0) is 93.5. The molecular formula is C129H81N9O3. The largest absolute Gasteiger partial charge is 0.456 e. The molecule has 0 saturated carbocycles. The van der Waals surface area contributed by atoms with Crippen LogP contribution in [0.3, 0.4) is 0 Å². The van der Waals surface area contributed by atoms with E-state index >= 15 is 0 Å². The minimum Gasteiger partial charge on any atom is -0.456 e. The number of hydrogen-bond acceptors (Lipinski definition) is 12. The van der Waals surface area contributed by atoms with Crippen LogP contribution in [-0.2, 0) is 0 Å². The molecule has 0 atom stereocenters. The molecule has 660 valence electrons. The fourth-order valence-electron chi connectivity index (χ4n) is 19.4. The second-order valence-electron chi connectivity index (χ2n) is 34.8. The molecule has 0 bridgehead atoms. The highest BCUT2D eigenvalue weighted by atomic mass is 16.3. The number of furan rings is 3. The van der Waals surface area contributed by atoms with Gasteiger partial charge < -0.3 is 13.3 Å². The first-order chi connectivity index (χ1) is 69.9. The molecular weight excluding hydrogens is 1720 g/mol. The lowest BCUT2D eigenvalue weighted by Gasteiger charge is -2.14. The smallest absolute Gasteiger partial charge is 0.164 e. The fraction of sp³-hybridized carbons (Fsp3) is 0. The fourth-order valence-corrected chi connectivity index (χ4v) is 19.4. The van der Waals surface area contributed by atoms with E-state index in [0.717, 1.165) is 193 Å². The van der Waals surface area contributed by atoms with Crippen molar-refractivity contribution in [1.29, 1.82) is 0 Å². The summed E-state index contributed by atoms with van der Waals surface area (Å²) in [5, 5.41) is 13.5. The van der Waals surface area contributed by atoms with Gasteiger partial charge in [-0.15, -0.1) is 0 Å². The molecule has 0 unspecified atom stereocenters. The normalized spacial score (nSPS) is 11.4. The van der Waals surface area contributed by atoms with Crippen LogP contribution in [0.1, 0.15) is 0 Å². The number of para-hydroxylation sites is 5. The van der Waals surface area contributed by atoms with Gasteiger partial charge >= 0.3 is 0 Å². The Bertz CT molecular complexity index is 9290. The zero-order valence-electron chi connectivity index (χ0n) is 76.0. The van der Waals surface area contributed by atoms with Crippen LogP contribution in [0.25, 0.3) is 267 Å². The van der Waals surface area contributed by atoms with Gasteiger partial charge in [0, 0.05) is 93.5 Å². The molecule has 0 spiro atoms. The molecule has 21 aromatic carbocycles. The topological polar surface area (TPSA) is 155 Å². The van der Waals surface area contributed by atoms with Crippen LogP contribution in [-0.4, -0.2) is 44.9 Å². The lowest BCUT2D eigenvalue weighted by atomic mass is 9.91. The van der Waals surface area contributed by atoms with E-state index in [0.29, 0.717) is 52.4 Å². The Morgan fingerprint density at radius 1 is 0.106 bits per heavy atom. The van der Waals surface area contributed by atoms with E-state index in [1.807, 2.05) is 200 Å². The van der Waals surface area contributed by atoms with Crippen LogP contribution in [0.4, 0.5) is 0 Å². The third kappa shape index (κ3) is 16.2. The molecule has 0 radical (unpaired) electrons. The van der Waals surface area contributed by atoms with E-state index in [-0.39, 0.29) is 0 Å². The van der Waals surface area contributed by atoms with Crippen molar-refractivity contribution < 1.29 is 13.3 Å². The van der Waals surface area contributed by atoms with Gasteiger partial charge in [0.2, 0.25) is 0 Å². The van der Waals surface area contributed by atoms with Gasteiger partial charge in [-0.2, -0.15) is 0 Å². The van der Waals surface area contributed by atoms with Gasteiger partial charge in [0.15, 0.2) is 52.4 Å². The van der Waals surface area contributed by atoms with Crippen LogP contribution in [0.15, 0.2) is 505 Å². The summed E-state index contributed by atoms with van der Waals surface area (Å²) in [6.45, 7) is 0. The van der Waals surface area contributed by atoms with Crippen molar-refractivity contribution in [2.75, 3.05) is 0 Å². The molecule has 141 heavy (non-hydrogen) atoms. The Kier molecular flexibility index (Phi) is 21.7. The van der Waals surface area contributed by atoms with E-state index < -0.39 is 0 Å². The van der Waals surface area contributed by atoms with Crippen molar-refractivity contribution in [2.24, 2.45) is 0 Å². The molecule has 6 aromatic heterocycles. The lowest BCUT2D eigenvalue weighted by Crippen LogP contribution is -2.00. The van der Waals surface area contributed by atoms with E-state index in [4.69, 9.17) is 58.1 Å². The summed E-state index contributed by atoms with van der Waals surface area (Å²) < 4.78 is 19.0. The predicted octanol–water partition coefficient (Wildman–Crippen LogP) is 33.8. The minimum absolute atomic E-state index is 0.636. The van der Waals surface area contributed by atoms with Crippen molar-refractivity contribution in [3.05, 3.63) is 491 Å². The summed E-state index contributed by atoms with van der Waals surface area (Å²) in [5.41, 5.74) is 27.5. The standard InChI is InChI=1S/3C43H27N3O/c1-3-13-28(14-4-1)41-44-42(29-15-5-2-6-16-29)46-43(45-41)38-26-25-32(34-19-7-8-20-35(34)38)30-17-11-18-31(27-30)33-22-12-23-37-36-21-9-10-24-39(36)47-40(33)37;1-3-12-29(13-4-1)41-44-42(30-14-5-2-6-15-30)46-43(45-41)31-24-22-28(23-25-31)32-26-27-35(34-17-8-7-16-33(32)34)37-19-11-20-38-36-18-9-10-21-39(36)47-40(37)38;1-3-11-28(12-4-1)29-19-21-31(22-20-29)42-44-41(30-13-5-2-6-14-30)45-43(46-42)38-26-25-33(34-15-7-8-16-35(34)38)32-23-24-37-36-17-9-10-18-39(36)47-40(37)27-32/h3*1-27H. The lowest BCUT2D eigenvalue weighted by molar-refractivity contribution is 0.669. The molecule has 0 saturated heterocycles. The number of aromatic nitrogens is 9. The van der Waals surface area contributed by atoms with E-state index in [2.05, 4.69) is 291 Å². The van der Waals surface area contributed by atoms with Gasteiger partial charge in [0.1, 0.15) is 33.5 Å². The number of benzene rings is 21. The van der Waals surface area contributed by atoms with Crippen LogP contribution in [0.5, 0.6) is 0 Å². The number of nitrogens with zero attached hydrogens (tertiary/aromatic N) is 9. The van der Waals surface area contributed by atoms with Gasteiger partial charge in [-0.3, -0.25) is 0 Å². The summed E-state index contributed by atoms with van der Waals surface area (Å²) in [6.07, 6.45) is 0. The van der Waals surface area contributed by atoms with Crippen LogP contribution < -0.4 is 0 Å². The van der Waals surface area contributed by atoms with Crippen molar-refractivity contribution in [2.45, 2.75) is 0 Å². The molecule has 0 fully saturated rings. The molecule has 12 heteroatoms. The number of fused-ring (bicyclic) bond motifs is 12. The molecule has 0 N–H and O–H groups in total.